The van der Waals surface area contributed by atoms with Gasteiger partial charge in [-0.1, -0.05) is 6.92 Å². The highest BCUT2D eigenvalue weighted by Gasteiger charge is 2.05. The van der Waals surface area contributed by atoms with Crippen LogP contribution in [0.1, 0.15) is 19.2 Å². The second-order valence-electron chi connectivity index (χ2n) is 3.77. The topological polar surface area (TPSA) is 41.3 Å². The molecular formula is C11H21N3O. The van der Waals surface area contributed by atoms with Gasteiger partial charge in [-0.2, -0.15) is 0 Å². The Morgan fingerprint density at radius 2 is 2.20 bits per heavy atom. The molecule has 1 aromatic rings. The van der Waals surface area contributed by atoms with Crippen molar-refractivity contribution in [3.05, 3.63) is 18.2 Å². The molecule has 4 nitrogen and oxygen atoms in total. The van der Waals surface area contributed by atoms with Crippen molar-refractivity contribution in [1.29, 1.82) is 0 Å². The van der Waals surface area contributed by atoms with Gasteiger partial charge in [-0.05, 0) is 13.0 Å². The van der Waals surface area contributed by atoms with Crippen LogP contribution in [-0.4, -0.2) is 45.8 Å². The smallest absolute Gasteiger partial charge is 0.109 e. The van der Waals surface area contributed by atoms with Crippen molar-refractivity contribution in [3.8, 4) is 0 Å². The minimum Gasteiger partial charge on any atom is -0.395 e. The second-order valence-corrected chi connectivity index (χ2v) is 3.77. The summed E-state index contributed by atoms with van der Waals surface area (Å²) in [5, 5.41) is 8.91. The number of aliphatic hydroxyl groups is 1. The molecule has 4 heteroatoms. The van der Waals surface area contributed by atoms with Crippen LogP contribution in [0.5, 0.6) is 0 Å². The van der Waals surface area contributed by atoms with E-state index in [-0.39, 0.29) is 6.61 Å². The zero-order chi connectivity index (χ0) is 11.1. The van der Waals surface area contributed by atoms with Crippen LogP contribution in [0.15, 0.2) is 12.4 Å². The lowest BCUT2D eigenvalue weighted by molar-refractivity contribution is 0.196. The van der Waals surface area contributed by atoms with Crippen LogP contribution in [0.3, 0.4) is 0 Å². The first-order valence-electron chi connectivity index (χ1n) is 5.57. The summed E-state index contributed by atoms with van der Waals surface area (Å²) in [5.41, 5.74) is 0. The third-order valence-electron chi connectivity index (χ3n) is 2.53. The number of imidazole rings is 1. The highest BCUT2D eigenvalue weighted by atomic mass is 16.3. The van der Waals surface area contributed by atoms with E-state index in [0.29, 0.717) is 0 Å². The molecule has 0 saturated carbocycles. The standard InChI is InChI=1S/C11H21N3O/c1-3-6-14(9-10-15)7-4-11-12-5-8-13(11)2/h5,8,15H,3-4,6-7,9-10H2,1-2H3. The molecule has 0 atom stereocenters. The lowest BCUT2D eigenvalue weighted by Crippen LogP contribution is -2.30. The van der Waals surface area contributed by atoms with Gasteiger partial charge in [0, 0.05) is 39.0 Å². The van der Waals surface area contributed by atoms with Crippen LogP contribution >= 0.6 is 0 Å². The van der Waals surface area contributed by atoms with Gasteiger partial charge in [0.2, 0.25) is 0 Å². The maximum atomic E-state index is 8.91. The predicted molar refractivity (Wildman–Crippen MR) is 60.7 cm³/mol. The molecule has 0 aliphatic rings. The van der Waals surface area contributed by atoms with E-state index >= 15 is 0 Å². The van der Waals surface area contributed by atoms with Gasteiger partial charge in [0.1, 0.15) is 5.82 Å². The molecular weight excluding hydrogens is 190 g/mol. The average molecular weight is 211 g/mol. The molecule has 1 N–H and O–H groups in total. The quantitative estimate of drug-likeness (QED) is 0.720. The Labute approximate surface area is 91.5 Å². The molecule has 0 bridgehead atoms. The largest absolute Gasteiger partial charge is 0.395 e. The molecule has 1 rings (SSSR count). The van der Waals surface area contributed by atoms with Crippen molar-refractivity contribution in [2.75, 3.05) is 26.2 Å². The highest BCUT2D eigenvalue weighted by molar-refractivity contribution is 4.91. The minimum absolute atomic E-state index is 0.237. The summed E-state index contributed by atoms with van der Waals surface area (Å²) in [6.07, 6.45) is 5.86. The van der Waals surface area contributed by atoms with Gasteiger partial charge in [-0.3, -0.25) is 0 Å². The summed E-state index contributed by atoms with van der Waals surface area (Å²) in [6.45, 7) is 5.17. The summed E-state index contributed by atoms with van der Waals surface area (Å²) >= 11 is 0. The Morgan fingerprint density at radius 3 is 2.73 bits per heavy atom. The van der Waals surface area contributed by atoms with Crippen LogP contribution in [-0.2, 0) is 13.5 Å². The van der Waals surface area contributed by atoms with E-state index in [2.05, 4.69) is 16.8 Å². The Morgan fingerprint density at radius 1 is 1.40 bits per heavy atom. The summed E-state index contributed by atoms with van der Waals surface area (Å²) in [4.78, 5) is 6.55. The van der Waals surface area contributed by atoms with Crippen LogP contribution in [0.2, 0.25) is 0 Å². The number of hydrogen-bond donors (Lipinski definition) is 1. The van der Waals surface area contributed by atoms with E-state index in [1.165, 1.54) is 0 Å². The van der Waals surface area contributed by atoms with Crippen LogP contribution < -0.4 is 0 Å². The fraction of sp³-hybridized carbons (Fsp3) is 0.727. The van der Waals surface area contributed by atoms with Gasteiger partial charge in [-0.15, -0.1) is 0 Å². The van der Waals surface area contributed by atoms with Crippen LogP contribution in [0.25, 0.3) is 0 Å². The second kappa shape index (κ2) is 6.58. The van der Waals surface area contributed by atoms with Crippen LogP contribution in [0, 0.1) is 0 Å². The normalized spacial score (nSPS) is 11.2. The van der Waals surface area contributed by atoms with E-state index in [1.807, 2.05) is 24.0 Å². The number of aromatic nitrogens is 2. The molecule has 86 valence electrons. The van der Waals surface area contributed by atoms with Crippen molar-refractivity contribution in [1.82, 2.24) is 14.5 Å². The maximum absolute atomic E-state index is 8.91. The molecule has 0 aliphatic carbocycles. The van der Waals surface area contributed by atoms with Crippen molar-refractivity contribution in [2.45, 2.75) is 19.8 Å². The summed E-state index contributed by atoms with van der Waals surface area (Å²) < 4.78 is 2.04. The first kappa shape index (κ1) is 12.2. The molecule has 0 spiro atoms. The van der Waals surface area contributed by atoms with E-state index in [9.17, 15) is 0 Å². The molecule has 0 radical (unpaired) electrons. The fourth-order valence-corrected chi connectivity index (χ4v) is 1.69. The molecule has 1 heterocycles. The van der Waals surface area contributed by atoms with E-state index in [1.54, 1.807) is 0 Å². The van der Waals surface area contributed by atoms with Crippen LogP contribution in [0.4, 0.5) is 0 Å². The molecule has 0 amide bonds. The van der Waals surface area contributed by atoms with Gasteiger partial charge in [0.05, 0.1) is 6.61 Å². The van der Waals surface area contributed by atoms with Gasteiger partial charge >= 0.3 is 0 Å². The van der Waals surface area contributed by atoms with E-state index in [0.717, 1.165) is 38.3 Å². The average Bonchev–Trinajstić information content (AvgIpc) is 2.61. The number of aryl methyl sites for hydroxylation is 1. The number of rotatable bonds is 7. The van der Waals surface area contributed by atoms with Crippen molar-refractivity contribution in [2.24, 2.45) is 7.05 Å². The number of nitrogens with zero attached hydrogens (tertiary/aromatic N) is 3. The summed E-state index contributed by atoms with van der Waals surface area (Å²) in [7, 11) is 2.01. The molecule has 0 unspecified atom stereocenters. The van der Waals surface area contributed by atoms with Gasteiger partial charge in [0.25, 0.3) is 0 Å². The Bertz CT molecular complexity index is 267. The fourth-order valence-electron chi connectivity index (χ4n) is 1.69. The molecule has 0 aromatic carbocycles. The zero-order valence-electron chi connectivity index (χ0n) is 9.69. The molecule has 0 saturated heterocycles. The van der Waals surface area contributed by atoms with E-state index in [4.69, 9.17) is 5.11 Å². The minimum atomic E-state index is 0.237. The first-order chi connectivity index (χ1) is 7.27. The lowest BCUT2D eigenvalue weighted by Gasteiger charge is -2.20. The maximum Gasteiger partial charge on any atom is 0.109 e. The Hall–Kier alpha value is -0.870. The third-order valence-corrected chi connectivity index (χ3v) is 2.53. The number of aliphatic hydroxyl groups excluding tert-OH is 1. The van der Waals surface area contributed by atoms with E-state index < -0.39 is 0 Å². The molecule has 15 heavy (non-hydrogen) atoms. The Kier molecular flexibility index (Phi) is 5.36. The monoisotopic (exact) mass is 211 g/mol. The molecule has 1 aromatic heterocycles. The Balaban J connectivity index is 2.36. The summed E-state index contributed by atoms with van der Waals surface area (Å²) in [5.74, 6) is 1.11. The van der Waals surface area contributed by atoms with Gasteiger partial charge in [0.15, 0.2) is 0 Å². The van der Waals surface area contributed by atoms with Gasteiger partial charge in [-0.25, -0.2) is 4.98 Å². The first-order valence-corrected chi connectivity index (χ1v) is 5.57. The third kappa shape index (κ3) is 4.01. The molecule has 0 aliphatic heterocycles. The van der Waals surface area contributed by atoms with Crippen molar-refractivity contribution < 1.29 is 5.11 Å². The SMILES string of the molecule is CCCN(CCO)CCc1nccn1C. The number of hydrogen-bond acceptors (Lipinski definition) is 3. The van der Waals surface area contributed by atoms with Crippen molar-refractivity contribution in [3.63, 3.8) is 0 Å². The zero-order valence-corrected chi connectivity index (χ0v) is 9.69. The highest BCUT2D eigenvalue weighted by Crippen LogP contribution is 1.99. The predicted octanol–water partition coefficient (Wildman–Crippen LogP) is 0.667. The lowest BCUT2D eigenvalue weighted by atomic mass is 10.3. The van der Waals surface area contributed by atoms with Gasteiger partial charge < -0.3 is 14.6 Å². The van der Waals surface area contributed by atoms with Crippen molar-refractivity contribution >= 4 is 0 Å². The molecule has 0 fully saturated rings. The summed E-state index contributed by atoms with van der Waals surface area (Å²) in [6, 6.07) is 0.